The largest absolute Gasteiger partial charge is 0.345 e. The molecule has 0 saturated heterocycles. The molecule has 0 aromatic carbocycles. The van der Waals surface area contributed by atoms with Gasteiger partial charge in [-0.2, -0.15) is 0 Å². The van der Waals surface area contributed by atoms with Crippen LogP contribution in [0.3, 0.4) is 0 Å². The quantitative estimate of drug-likeness (QED) is 0.830. The fourth-order valence-corrected chi connectivity index (χ4v) is 2.77. The second-order valence-electron chi connectivity index (χ2n) is 4.51. The van der Waals surface area contributed by atoms with Crippen molar-refractivity contribution < 1.29 is 8.78 Å². The van der Waals surface area contributed by atoms with Gasteiger partial charge in [-0.3, -0.25) is 0 Å². The number of halogens is 2. The van der Waals surface area contributed by atoms with E-state index >= 15 is 0 Å². The van der Waals surface area contributed by atoms with Crippen molar-refractivity contribution >= 4 is 16.5 Å². The summed E-state index contributed by atoms with van der Waals surface area (Å²) in [4.78, 5) is 7.15. The lowest BCUT2D eigenvalue weighted by atomic mass is 10.1. The summed E-state index contributed by atoms with van der Waals surface area (Å²) < 4.78 is 24.7. The highest BCUT2D eigenvalue weighted by atomic mass is 32.1. The fraction of sp³-hybridized carbons (Fsp3) is 0.750. The van der Waals surface area contributed by atoms with E-state index in [1.54, 1.807) is 7.05 Å². The zero-order valence-electron chi connectivity index (χ0n) is 11.3. The molecule has 0 spiro atoms. The van der Waals surface area contributed by atoms with E-state index < -0.39 is 6.43 Å². The molecule has 0 unspecified atom stereocenters. The summed E-state index contributed by atoms with van der Waals surface area (Å²) >= 11 is 1.50. The number of hydrogen-bond acceptors (Lipinski definition) is 4. The second-order valence-corrected chi connectivity index (χ2v) is 5.57. The van der Waals surface area contributed by atoms with Crippen LogP contribution in [0.15, 0.2) is 0 Å². The van der Waals surface area contributed by atoms with Crippen molar-refractivity contribution in [3.8, 4) is 0 Å². The number of hydrogen-bond donors (Lipinski definition) is 1. The monoisotopic (exact) mass is 277 g/mol. The molecule has 1 aromatic rings. The van der Waals surface area contributed by atoms with Gasteiger partial charge < -0.3 is 10.2 Å². The van der Waals surface area contributed by atoms with Gasteiger partial charge in [-0.25, -0.2) is 13.8 Å². The summed E-state index contributed by atoms with van der Waals surface area (Å²) in [5.41, 5.74) is 1.01. The maximum atomic E-state index is 12.4. The number of nitrogens with one attached hydrogen (secondary N) is 1. The van der Waals surface area contributed by atoms with Crippen LogP contribution in [-0.4, -0.2) is 31.5 Å². The number of thiazole rings is 1. The van der Waals surface area contributed by atoms with Gasteiger partial charge in [0.2, 0.25) is 0 Å². The third kappa shape index (κ3) is 4.17. The molecule has 0 aliphatic carbocycles. The molecular weight excluding hydrogens is 256 g/mol. The van der Waals surface area contributed by atoms with Gasteiger partial charge in [0.05, 0.1) is 12.2 Å². The Hall–Kier alpha value is -0.750. The molecule has 3 nitrogen and oxygen atoms in total. The predicted molar refractivity (Wildman–Crippen MR) is 72.9 cm³/mol. The van der Waals surface area contributed by atoms with Gasteiger partial charge in [0.15, 0.2) is 5.13 Å². The van der Waals surface area contributed by atoms with Crippen LogP contribution in [0.2, 0.25) is 0 Å². The fourth-order valence-electron chi connectivity index (χ4n) is 1.62. The SMILES string of the molecule is CCNCc1sc(N(C)CC(F)F)nc1C(C)C. The van der Waals surface area contributed by atoms with Crippen molar-refractivity contribution in [2.24, 2.45) is 0 Å². The summed E-state index contributed by atoms with van der Waals surface area (Å²) in [5, 5.41) is 3.93. The molecule has 0 aliphatic heterocycles. The molecule has 1 heterocycles. The van der Waals surface area contributed by atoms with Gasteiger partial charge in [0, 0.05) is 18.5 Å². The van der Waals surface area contributed by atoms with Crippen LogP contribution in [0, 0.1) is 0 Å². The molecule has 6 heteroatoms. The standard InChI is InChI=1S/C12H21F2N3S/c1-5-15-6-9-11(8(2)3)16-12(18-9)17(4)7-10(13)14/h8,10,15H,5-7H2,1-4H3. The minimum Gasteiger partial charge on any atom is -0.345 e. The topological polar surface area (TPSA) is 28.2 Å². The van der Waals surface area contributed by atoms with Gasteiger partial charge in [-0.15, -0.1) is 11.3 Å². The van der Waals surface area contributed by atoms with Crippen molar-refractivity contribution in [2.75, 3.05) is 25.0 Å². The molecule has 0 atom stereocenters. The highest BCUT2D eigenvalue weighted by Crippen LogP contribution is 2.30. The van der Waals surface area contributed by atoms with Crippen LogP contribution in [-0.2, 0) is 6.54 Å². The highest BCUT2D eigenvalue weighted by molar-refractivity contribution is 7.15. The molecule has 0 radical (unpaired) electrons. The van der Waals surface area contributed by atoms with Crippen LogP contribution >= 0.6 is 11.3 Å². The first kappa shape index (κ1) is 15.3. The lowest BCUT2D eigenvalue weighted by Gasteiger charge is -2.14. The van der Waals surface area contributed by atoms with Crippen molar-refractivity contribution in [1.29, 1.82) is 0 Å². The summed E-state index contributed by atoms with van der Waals surface area (Å²) in [6, 6.07) is 0. The summed E-state index contributed by atoms with van der Waals surface area (Å²) in [6.45, 7) is 7.55. The Kier molecular flexibility index (Phi) is 5.95. The maximum absolute atomic E-state index is 12.4. The van der Waals surface area contributed by atoms with Crippen LogP contribution in [0.25, 0.3) is 0 Å². The van der Waals surface area contributed by atoms with Crippen LogP contribution in [0.5, 0.6) is 0 Å². The Balaban J connectivity index is 2.87. The first-order valence-electron chi connectivity index (χ1n) is 6.15. The molecular formula is C12H21F2N3S. The van der Waals surface area contributed by atoms with E-state index in [1.165, 1.54) is 16.2 Å². The normalized spacial score (nSPS) is 11.6. The lowest BCUT2D eigenvalue weighted by molar-refractivity contribution is 0.156. The van der Waals surface area contributed by atoms with E-state index in [-0.39, 0.29) is 6.54 Å². The zero-order chi connectivity index (χ0) is 13.7. The Morgan fingerprint density at radius 2 is 2.06 bits per heavy atom. The summed E-state index contributed by atoms with van der Waals surface area (Å²) in [5.74, 6) is 0.309. The third-order valence-electron chi connectivity index (χ3n) is 2.54. The lowest BCUT2D eigenvalue weighted by Crippen LogP contribution is -2.23. The van der Waals surface area contributed by atoms with Crippen LogP contribution in [0.4, 0.5) is 13.9 Å². The molecule has 0 aliphatic rings. The number of aromatic nitrogens is 1. The van der Waals surface area contributed by atoms with Crippen molar-refractivity contribution in [3.63, 3.8) is 0 Å². The third-order valence-corrected chi connectivity index (χ3v) is 3.72. The highest BCUT2D eigenvalue weighted by Gasteiger charge is 2.17. The van der Waals surface area contributed by atoms with E-state index in [1.807, 2.05) is 6.92 Å². The average Bonchev–Trinajstić information content (AvgIpc) is 2.69. The van der Waals surface area contributed by atoms with Gasteiger partial charge in [-0.05, 0) is 12.5 Å². The summed E-state index contributed by atoms with van der Waals surface area (Å²) in [7, 11) is 1.66. The molecule has 1 rings (SSSR count). The minimum atomic E-state index is -2.33. The average molecular weight is 277 g/mol. The maximum Gasteiger partial charge on any atom is 0.255 e. The molecule has 104 valence electrons. The Morgan fingerprint density at radius 1 is 1.39 bits per heavy atom. The van der Waals surface area contributed by atoms with Crippen molar-refractivity contribution in [2.45, 2.75) is 39.7 Å². The molecule has 1 aromatic heterocycles. The van der Waals surface area contributed by atoms with Gasteiger partial charge in [-0.1, -0.05) is 20.8 Å². The first-order valence-corrected chi connectivity index (χ1v) is 6.96. The van der Waals surface area contributed by atoms with E-state index in [4.69, 9.17) is 0 Å². The van der Waals surface area contributed by atoms with E-state index in [0.29, 0.717) is 11.0 Å². The van der Waals surface area contributed by atoms with E-state index in [9.17, 15) is 8.78 Å². The smallest absolute Gasteiger partial charge is 0.255 e. The molecule has 1 N–H and O–H groups in total. The second kappa shape index (κ2) is 6.99. The van der Waals surface area contributed by atoms with E-state index in [2.05, 4.69) is 24.1 Å². The van der Waals surface area contributed by atoms with Crippen LogP contribution in [0.1, 0.15) is 37.3 Å². The number of anilines is 1. The van der Waals surface area contributed by atoms with Gasteiger partial charge >= 0.3 is 0 Å². The molecule has 0 bridgehead atoms. The molecule has 0 amide bonds. The molecule has 18 heavy (non-hydrogen) atoms. The van der Waals surface area contributed by atoms with Gasteiger partial charge in [0.25, 0.3) is 6.43 Å². The first-order chi connectivity index (χ1) is 8.45. The Morgan fingerprint density at radius 3 is 2.56 bits per heavy atom. The Bertz CT molecular complexity index is 366. The van der Waals surface area contributed by atoms with E-state index in [0.717, 1.165) is 23.7 Å². The molecule has 0 saturated carbocycles. The number of alkyl halides is 2. The Labute approximate surface area is 111 Å². The predicted octanol–water partition coefficient (Wildman–Crippen LogP) is 3.08. The minimum absolute atomic E-state index is 0.272. The summed E-state index contributed by atoms with van der Waals surface area (Å²) in [6.07, 6.45) is -2.33. The van der Waals surface area contributed by atoms with Crippen LogP contribution < -0.4 is 10.2 Å². The van der Waals surface area contributed by atoms with Crippen molar-refractivity contribution in [3.05, 3.63) is 10.6 Å². The number of rotatable bonds is 7. The van der Waals surface area contributed by atoms with Gasteiger partial charge in [0.1, 0.15) is 0 Å². The number of nitrogens with zero attached hydrogens (tertiary/aromatic N) is 2. The van der Waals surface area contributed by atoms with Crippen molar-refractivity contribution in [1.82, 2.24) is 10.3 Å². The molecule has 0 fully saturated rings. The zero-order valence-corrected chi connectivity index (χ0v) is 12.2.